The SMILES string of the molecule is COCC(C)C(NCC(F)(F)F)C(=O)O. The van der Waals surface area contributed by atoms with Crippen molar-refractivity contribution in [3.05, 3.63) is 0 Å². The van der Waals surface area contributed by atoms with Crippen molar-refractivity contribution in [3.63, 3.8) is 0 Å². The van der Waals surface area contributed by atoms with E-state index in [1.54, 1.807) is 0 Å². The number of rotatable bonds is 6. The summed E-state index contributed by atoms with van der Waals surface area (Å²) < 4.78 is 40.2. The predicted molar refractivity (Wildman–Crippen MR) is 46.5 cm³/mol. The van der Waals surface area contributed by atoms with Crippen LogP contribution in [0.1, 0.15) is 6.92 Å². The van der Waals surface area contributed by atoms with Gasteiger partial charge in [0.15, 0.2) is 0 Å². The largest absolute Gasteiger partial charge is 0.480 e. The van der Waals surface area contributed by atoms with E-state index in [0.29, 0.717) is 0 Å². The molecule has 0 rings (SSSR count). The summed E-state index contributed by atoms with van der Waals surface area (Å²) in [5, 5.41) is 10.6. The Labute approximate surface area is 85.4 Å². The van der Waals surface area contributed by atoms with Crippen molar-refractivity contribution >= 4 is 5.97 Å². The fourth-order valence-corrected chi connectivity index (χ4v) is 1.12. The van der Waals surface area contributed by atoms with E-state index in [1.165, 1.54) is 14.0 Å². The Kier molecular flexibility index (Phi) is 5.59. The van der Waals surface area contributed by atoms with Crippen LogP contribution in [0, 0.1) is 5.92 Å². The van der Waals surface area contributed by atoms with Crippen molar-refractivity contribution in [2.45, 2.75) is 19.1 Å². The Hall–Kier alpha value is -0.820. The standard InChI is InChI=1S/C8H14F3NO3/c1-5(3-15-2)6(7(13)14)12-4-8(9,10)11/h5-6,12H,3-4H2,1-2H3,(H,13,14). The van der Waals surface area contributed by atoms with Crippen molar-refractivity contribution in [1.29, 1.82) is 0 Å². The molecule has 0 spiro atoms. The van der Waals surface area contributed by atoms with E-state index in [1.807, 2.05) is 5.32 Å². The van der Waals surface area contributed by atoms with Crippen LogP contribution >= 0.6 is 0 Å². The minimum Gasteiger partial charge on any atom is -0.480 e. The number of hydrogen-bond donors (Lipinski definition) is 2. The van der Waals surface area contributed by atoms with Crippen molar-refractivity contribution < 1.29 is 27.8 Å². The van der Waals surface area contributed by atoms with Gasteiger partial charge in [-0.25, -0.2) is 0 Å². The van der Waals surface area contributed by atoms with E-state index in [0.717, 1.165) is 0 Å². The highest BCUT2D eigenvalue weighted by Crippen LogP contribution is 2.14. The van der Waals surface area contributed by atoms with Crippen molar-refractivity contribution in [1.82, 2.24) is 5.32 Å². The number of ether oxygens (including phenoxy) is 1. The molecular formula is C8H14F3NO3. The molecule has 0 aliphatic rings. The molecule has 0 saturated heterocycles. The Morgan fingerprint density at radius 1 is 1.53 bits per heavy atom. The molecule has 0 heterocycles. The van der Waals surface area contributed by atoms with Crippen molar-refractivity contribution in [3.8, 4) is 0 Å². The molecular weight excluding hydrogens is 215 g/mol. The van der Waals surface area contributed by atoms with Gasteiger partial charge in [-0.05, 0) is 0 Å². The average Bonchev–Trinajstić information content (AvgIpc) is 2.01. The molecule has 0 aliphatic heterocycles. The maximum Gasteiger partial charge on any atom is 0.401 e. The van der Waals surface area contributed by atoms with Crippen molar-refractivity contribution in [2.24, 2.45) is 5.92 Å². The second-order valence-electron chi connectivity index (χ2n) is 3.24. The lowest BCUT2D eigenvalue weighted by Crippen LogP contribution is -2.47. The summed E-state index contributed by atoms with van der Waals surface area (Å²) in [5.41, 5.74) is 0. The Bertz CT molecular complexity index is 208. The van der Waals surface area contributed by atoms with E-state index in [9.17, 15) is 18.0 Å². The molecule has 0 aliphatic carbocycles. The van der Waals surface area contributed by atoms with E-state index >= 15 is 0 Å². The number of carbonyl (C=O) groups is 1. The molecule has 90 valence electrons. The van der Waals surface area contributed by atoms with Crippen LogP contribution < -0.4 is 5.32 Å². The van der Waals surface area contributed by atoms with Gasteiger partial charge in [-0.1, -0.05) is 6.92 Å². The van der Waals surface area contributed by atoms with Gasteiger partial charge in [0.2, 0.25) is 0 Å². The first-order valence-corrected chi connectivity index (χ1v) is 4.29. The van der Waals surface area contributed by atoms with Gasteiger partial charge in [0.1, 0.15) is 6.04 Å². The van der Waals surface area contributed by atoms with Crippen molar-refractivity contribution in [2.75, 3.05) is 20.3 Å². The number of carboxylic acid groups (broad SMARTS) is 1. The third-order valence-electron chi connectivity index (χ3n) is 1.79. The number of hydrogen-bond acceptors (Lipinski definition) is 3. The van der Waals surface area contributed by atoms with E-state index in [-0.39, 0.29) is 6.61 Å². The Morgan fingerprint density at radius 3 is 2.40 bits per heavy atom. The maximum absolute atomic E-state index is 11.8. The highest BCUT2D eigenvalue weighted by Gasteiger charge is 2.32. The molecule has 0 bridgehead atoms. The zero-order valence-electron chi connectivity index (χ0n) is 8.47. The van der Waals surface area contributed by atoms with Crippen LogP contribution in [0.2, 0.25) is 0 Å². The van der Waals surface area contributed by atoms with Crippen LogP contribution in [0.5, 0.6) is 0 Å². The van der Waals surface area contributed by atoms with Crippen LogP contribution in [-0.2, 0) is 9.53 Å². The number of carboxylic acids is 1. The molecule has 0 aromatic heterocycles. The molecule has 0 aromatic carbocycles. The smallest absolute Gasteiger partial charge is 0.401 e. The fraction of sp³-hybridized carbons (Fsp3) is 0.875. The quantitative estimate of drug-likeness (QED) is 0.709. The molecule has 4 nitrogen and oxygen atoms in total. The molecule has 2 N–H and O–H groups in total. The number of aliphatic carboxylic acids is 1. The topological polar surface area (TPSA) is 58.6 Å². The Morgan fingerprint density at radius 2 is 2.07 bits per heavy atom. The summed E-state index contributed by atoms with van der Waals surface area (Å²) in [6, 6.07) is -1.26. The van der Waals surface area contributed by atoms with Gasteiger partial charge in [0.25, 0.3) is 0 Å². The Balaban J connectivity index is 4.22. The number of methoxy groups -OCH3 is 1. The first-order chi connectivity index (χ1) is 6.78. The second-order valence-corrected chi connectivity index (χ2v) is 3.24. The van der Waals surface area contributed by atoms with Gasteiger partial charge >= 0.3 is 12.1 Å². The zero-order valence-corrected chi connectivity index (χ0v) is 8.47. The number of alkyl halides is 3. The lowest BCUT2D eigenvalue weighted by atomic mass is 10.0. The van der Waals surface area contributed by atoms with E-state index < -0.39 is 30.7 Å². The lowest BCUT2D eigenvalue weighted by Gasteiger charge is -2.21. The number of nitrogens with one attached hydrogen (secondary N) is 1. The molecule has 0 fully saturated rings. The van der Waals surface area contributed by atoms with Crippen LogP contribution in [-0.4, -0.2) is 43.6 Å². The maximum atomic E-state index is 11.8. The molecule has 0 radical (unpaired) electrons. The van der Waals surface area contributed by atoms with Gasteiger partial charge < -0.3 is 9.84 Å². The first-order valence-electron chi connectivity index (χ1n) is 4.29. The molecule has 7 heteroatoms. The first kappa shape index (κ1) is 14.2. The van der Waals surface area contributed by atoms with E-state index in [2.05, 4.69) is 4.74 Å². The zero-order chi connectivity index (χ0) is 12.1. The fourth-order valence-electron chi connectivity index (χ4n) is 1.12. The molecule has 0 amide bonds. The molecule has 2 atom stereocenters. The van der Waals surface area contributed by atoms with Gasteiger partial charge in [0.05, 0.1) is 13.2 Å². The van der Waals surface area contributed by atoms with Crippen LogP contribution in [0.25, 0.3) is 0 Å². The highest BCUT2D eigenvalue weighted by atomic mass is 19.4. The lowest BCUT2D eigenvalue weighted by molar-refractivity contribution is -0.145. The predicted octanol–water partition coefficient (Wildman–Crippen LogP) is 0.874. The van der Waals surface area contributed by atoms with Gasteiger partial charge in [0, 0.05) is 13.0 Å². The minimum absolute atomic E-state index is 0.0851. The van der Waals surface area contributed by atoms with Crippen LogP contribution in [0.4, 0.5) is 13.2 Å². The summed E-state index contributed by atoms with van der Waals surface area (Å²) in [5.74, 6) is -1.85. The summed E-state index contributed by atoms with van der Waals surface area (Å²) in [6.45, 7) is 0.269. The minimum atomic E-state index is -4.42. The van der Waals surface area contributed by atoms with Gasteiger partial charge in [-0.2, -0.15) is 13.2 Å². The molecule has 2 unspecified atom stereocenters. The monoisotopic (exact) mass is 229 g/mol. The summed E-state index contributed by atoms with van der Waals surface area (Å²) >= 11 is 0. The highest BCUT2D eigenvalue weighted by molar-refractivity contribution is 5.73. The third kappa shape index (κ3) is 6.29. The van der Waals surface area contributed by atoms with E-state index in [4.69, 9.17) is 5.11 Å². The molecule has 0 saturated carbocycles. The summed E-state index contributed by atoms with van der Waals surface area (Å²) in [4.78, 5) is 10.6. The van der Waals surface area contributed by atoms with Crippen LogP contribution in [0.3, 0.4) is 0 Å². The normalized spacial score (nSPS) is 16.1. The second kappa shape index (κ2) is 5.92. The van der Waals surface area contributed by atoms with Gasteiger partial charge in [-0.15, -0.1) is 0 Å². The number of halogens is 3. The summed E-state index contributed by atoms with van der Waals surface area (Å²) in [7, 11) is 1.36. The average molecular weight is 229 g/mol. The third-order valence-corrected chi connectivity index (χ3v) is 1.79. The van der Waals surface area contributed by atoms with Gasteiger partial charge in [-0.3, -0.25) is 10.1 Å². The molecule has 15 heavy (non-hydrogen) atoms. The molecule has 0 aromatic rings. The summed E-state index contributed by atoms with van der Waals surface area (Å²) in [6.07, 6.45) is -4.42. The van der Waals surface area contributed by atoms with Crippen LogP contribution in [0.15, 0.2) is 0 Å².